The number of fused-ring (bicyclic) bond motifs is 1. The average Bonchev–Trinajstić information content (AvgIpc) is 2.73. The lowest BCUT2D eigenvalue weighted by molar-refractivity contribution is 0.0697. The third-order valence-corrected chi connectivity index (χ3v) is 5.56. The first-order valence-electron chi connectivity index (χ1n) is 9.50. The van der Waals surface area contributed by atoms with Crippen molar-refractivity contribution < 1.29 is 9.90 Å². The summed E-state index contributed by atoms with van der Waals surface area (Å²) in [6, 6.07) is 13.3. The van der Waals surface area contributed by atoms with Crippen LogP contribution < -0.4 is 0 Å². The number of carboxylic acids is 1. The topological polar surface area (TPSA) is 63.1 Å². The molecule has 1 heterocycles. The van der Waals surface area contributed by atoms with E-state index in [1.165, 1.54) is 11.9 Å². The van der Waals surface area contributed by atoms with Crippen LogP contribution in [-0.4, -0.2) is 21.0 Å². The molecule has 2 aromatic carbocycles. The van der Waals surface area contributed by atoms with Crippen LogP contribution in [0, 0.1) is 0 Å². The molecule has 0 fully saturated rings. The lowest BCUT2D eigenvalue weighted by Gasteiger charge is -2.32. The van der Waals surface area contributed by atoms with Crippen molar-refractivity contribution in [3.05, 3.63) is 107 Å². The van der Waals surface area contributed by atoms with Crippen LogP contribution in [-0.2, 0) is 5.41 Å². The number of allylic oxidation sites excluding steroid dienone is 1. The van der Waals surface area contributed by atoms with E-state index in [-0.39, 0.29) is 11.0 Å². The molecule has 3 aromatic rings. The van der Waals surface area contributed by atoms with E-state index in [0.717, 1.165) is 39.8 Å². The van der Waals surface area contributed by atoms with E-state index in [1.54, 1.807) is 24.3 Å². The highest BCUT2D eigenvalue weighted by Gasteiger charge is 2.29. The van der Waals surface area contributed by atoms with Gasteiger partial charge in [0.2, 0.25) is 0 Å². The molecule has 0 spiro atoms. The standard InChI is InChI=1S/C25H22N2O2/c1-16(17-4-6-18(7-5-17)24(28)29)19-8-9-23-22(12-19)21(10-11-25(23,2)3)20-13-26-15-27-14-20/h4-10,12-15H,1,11H2,2-3H3,(H,28,29). The predicted molar refractivity (Wildman–Crippen MR) is 115 cm³/mol. The maximum Gasteiger partial charge on any atom is 0.335 e. The van der Waals surface area contributed by atoms with Gasteiger partial charge in [-0.25, -0.2) is 14.8 Å². The number of aromatic carboxylic acids is 1. The Hall–Kier alpha value is -3.53. The number of rotatable bonds is 4. The Morgan fingerprint density at radius 3 is 2.28 bits per heavy atom. The third-order valence-electron chi connectivity index (χ3n) is 5.56. The smallest absolute Gasteiger partial charge is 0.335 e. The van der Waals surface area contributed by atoms with Crippen LogP contribution in [0.15, 0.2) is 73.8 Å². The summed E-state index contributed by atoms with van der Waals surface area (Å²) in [5.74, 6) is -0.932. The minimum atomic E-state index is -0.932. The zero-order valence-electron chi connectivity index (χ0n) is 16.5. The maximum atomic E-state index is 11.1. The Morgan fingerprint density at radius 1 is 1.00 bits per heavy atom. The van der Waals surface area contributed by atoms with Gasteiger partial charge in [0.15, 0.2) is 0 Å². The Balaban J connectivity index is 1.77. The molecule has 29 heavy (non-hydrogen) atoms. The van der Waals surface area contributed by atoms with Gasteiger partial charge < -0.3 is 5.11 Å². The van der Waals surface area contributed by atoms with E-state index in [9.17, 15) is 4.79 Å². The zero-order chi connectivity index (χ0) is 20.6. The summed E-state index contributed by atoms with van der Waals surface area (Å²) in [5, 5.41) is 9.11. The van der Waals surface area contributed by atoms with Crippen molar-refractivity contribution in [2.45, 2.75) is 25.7 Å². The summed E-state index contributed by atoms with van der Waals surface area (Å²) in [6.07, 6.45) is 8.42. The van der Waals surface area contributed by atoms with Crippen molar-refractivity contribution in [1.82, 2.24) is 9.97 Å². The summed E-state index contributed by atoms with van der Waals surface area (Å²) in [7, 11) is 0. The molecule has 0 saturated carbocycles. The number of aromatic nitrogens is 2. The number of benzene rings is 2. The fourth-order valence-electron chi connectivity index (χ4n) is 3.81. The van der Waals surface area contributed by atoms with E-state index in [1.807, 2.05) is 12.4 Å². The van der Waals surface area contributed by atoms with Crippen LogP contribution in [0.25, 0.3) is 11.1 Å². The molecule has 4 heteroatoms. The lowest BCUT2D eigenvalue weighted by atomic mass is 9.72. The van der Waals surface area contributed by atoms with Crippen molar-refractivity contribution >= 4 is 17.1 Å². The predicted octanol–water partition coefficient (Wildman–Crippen LogP) is 5.35. The van der Waals surface area contributed by atoms with Gasteiger partial charge >= 0.3 is 5.97 Å². The minimum absolute atomic E-state index is 0.0392. The van der Waals surface area contributed by atoms with Crippen LogP contribution in [0.4, 0.5) is 0 Å². The maximum absolute atomic E-state index is 11.1. The molecule has 4 nitrogen and oxygen atoms in total. The van der Waals surface area contributed by atoms with Gasteiger partial charge in [-0.2, -0.15) is 0 Å². The van der Waals surface area contributed by atoms with Gasteiger partial charge in [-0.1, -0.05) is 50.8 Å². The van der Waals surface area contributed by atoms with Gasteiger partial charge in [0.1, 0.15) is 6.33 Å². The molecule has 0 bridgehead atoms. The first-order chi connectivity index (χ1) is 13.9. The average molecular weight is 382 g/mol. The molecule has 1 N–H and O–H groups in total. The van der Waals surface area contributed by atoms with Gasteiger partial charge in [0.25, 0.3) is 0 Å². The van der Waals surface area contributed by atoms with Gasteiger partial charge in [-0.3, -0.25) is 0 Å². The zero-order valence-corrected chi connectivity index (χ0v) is 16.5. The number of hydrogen-bond donors (Lipinski definition) is 1. The molecule has 1 aromatic heterocycles. The van der Waals surface area contributed by atoms with Crippen molar-refractivity contribution in [2.75, 3.05) is 0 Å². The molecule has 144 valence electrons. The first-order valence-corrected chi connectivity index (χ1v) is 9.50. The molecule has 1 aliphatic rings. The molecular formula is C25H22N2O2. The summed E-state index contributed by atoms with van der Waals surface area (Å²) in [6.45, 7) is 8.76. The molecule has 4 rings (SSSR count). The van der Waals surface area contributed by atoms with Crippen molar-refractivity contribution in [3.8, 4) is 0 Å². The van der Waals surface area contributed by atoms with Crippen molar-refractivity contribution in [3.63, 3.8) is 0 Å². The van der Waals surface area contributed by atoms with E-state index in [2.05, 4.69) is 54.7 Å². The number of hydrogen-bond acceptors (Lipinski definition) is 3. The summed E-state index contributed by atoms with van der Waals surface area (Å²) < 4.78 is 0. The highest BCUT2D eigenvalue weighted by molar-refractivity contribution is 5.89. The Bertz CT molecular complexity index is 1130. The quantitative estimate of drug-likeness (QED) is 0.661. The molecule has 0 amide bonds. The summed E-state index contributed by atoms with van der Waals surface area (Å²) >= 11 is 0. The second-order valence-corrected chi connectivity index (χ2v) is 7.95. The highest BCUT2D eigenvalue weighted by atomic mass is 16.4. The van der Waals surface area contributed by atoms with Gasteiger partial charge in [-0.15, -0.1) is 0 Å². The lowest BCUT2D eigenvalue weighted by Crippen LogP contribution is -2.22. The van der Waals surface area contributed by atoms with E-state index < -0.39 is 5.97 Å². The molecule has 0 unspecified atom stereocenters. The van der Waals surface area contributed by atoms with Crippen LogP contribution in [0.2, 0.25) is 0 Å². The summed E-state index contributed by atoms with van der Waals surface area (Å²) in [4.78, 5) is 19.5. The van der Waals surface area contributed by atoms with Crippen molar-refractivity contribution in [1.29, 1.82) is 0 Å². The Kier molecular flexibility index (Phi) is 4.63. The monoisotopic (exact) mass is 382 g/mol. The van der Waals surface area contributed by atoms with Gasteiger partial charge in [0, 0.05) is 18.0 Å². The van der Waals surface area contributed by atoms with Crippen molar-refractivity contribution in [2.24, 2.45) is 0 Å². The third kappa shape index (κ3) is 3.49. The van der Waals surface area contributed by atoms with Gasteiger partial charge in [-0.05, 0) is 63.4 Å². The normalized spacial score (nSPS) is 14.6. The van der Waals surface area contributed by atoms with Gasteiger partial charge in [0.05, 0.1) is 5.56 Å². The minimum Gasteiger partial charge on any atom is -0.478 e. The van der Waals surface area contributed by atoms with Crippen LogP contribution in [0.5, 0.6) is 0 Å². The van der Waals surface area contributed by atoms with Crippen LogP contribution in [0.3, 0.4) is 0 Å². The van der Waals surface area contributed by atoms with E-state index >= 15 is 0 Å². The van der Waals surface area contributed by atoms with Crippen LogP contribution in [0.1, 0.15) is 58.4 Å². The first kappa shape index (κ1) is 18.8. The molecule has 0 radical (unpaired) electrons. The molecule has 0 saturated heterocycles. The summed E-state index contributed by atoms with van der Waals surface area (Å²) in [5.41, 5.74) is 7.66. The number of carbonyl (C=O) groups is 1. The highest BCUT2D eigenvalue weighted by Crippen LogP contribution is 2.42. The second-order valence-electron chi connectivity index (χ2n) is 7.95. The largest absolute Gasteiger partial charge is 0.478 e. The SMILES string of the molecule is C=C(c1ccc(C(=O)O)cc1)c1ccc2c(c1)C(c1cncnc1)=CCC2(C)C. The fourth-order valence-corrected chi connectivity index (χ4v) is 3.81. The Morgan fingerprint density at radius 2 is 1.62 bits per heavy atom. The molecule has 0 aliphatic heterocycles. The van der Waals surface area contributed by atoms with Crippen LogP contribution >= 0.6 is 0 Å². The molecular weight excluding hydrogens is 360 g/mol. The number of carboxylic acid groups (broad SMARTS) is 1. The Labute approximate surface area is 170 Å². The second kappa shape index (κ2) is 7.13. The van der Waals surface area contributed by atoms with E-state index in [4.69, 9.17) is 5.11 Å². The molecule has 1 aliphatic carbocycles. The fraction of sp³-hybridized carbons (Fsp3) is 0.160. The molecule has 0 atom stereocenters. The number of nitrogens with zero attached hydrogens (tertiary/aromatic N) is 2. The van der Waals surface area contributed by atoms with E-state index in [0.29, 0.717) is 0 Å².